The van der Waals surface area contributed by atoms with E-state index >= 15 is 0 Å². The van der Waals surface area contributed by atoms with Crippen molar-refractivity contribution in [1.82, 2.24) is 5.43 Å². The van der Waals surface area contributed by atoms with Gasteiger partial charge in [-0.2, -0.15) is 5.10 Å². The minimum atomic E-state index is 0.470. The van der Waals surface area contributed by atoms with Crippen LogP contribution in [0.2, 0.25) is 0 Å². The fourth-order valence-corrected chi connectivity index (χ4v) is 2.75. The molecule has 84 valence electrons. The molecule has 1 heterocycles. The van der Waals surface area contributed by atoms with Gasteiger partial charge in [-0.3, -0.25) is 10.8 Å². The maximum atomic E-state index is 7.54. The third-order valence-corrected chi connectivity index (χ3v) is 3.77. The van der Waals surface area contributed by atoms with Gasteiger partial charge in [-0.15, -0.1) is 0 Å². The lowest BCUT2D eigenvalue weighted by Crippen LogP contribution is -2.36. The van der Waals surface area contributed by atoms with Crippen molar-refractivity contribution in [3.63, 3.8) is 0 Å². The van der Waals surface area contributed by atoms with Crippen molar-refractivity contribution in [2.45, 2.75) is 46.0 Å². The van der Waals surface area contributed by atoms with Gasteiger partial charge in [0.05, 0.1) is 0 Å². The summed E-state index contributed by atoms with van der Waals surface area (Å²) in [5, 5.41) is 11.9. The van der Waals surface area contributed by atoms with Crippen LogP contribution in [0.4, 0.5) is 0 Å². The van der Waals surface area contributed by atoms with E-state index in [1.807, 2.05) is 0 Å². The quantitative estimate of drug-likeness (QED) is 0.682. The second-order valence-electron chi connectivity index (χ2n) is 5.19. The lowest BCUT2D eigenvalue weighted by molar-refractivity contribution is 0.336. The SMILES string of the molecule is CC1CCC(C2=NNC(=N)CC2C)CC1. The summed E-state index contributed by atoms with van der Waals surface area (Å²) in [5.41, 5.74) is 4.16. The first-order valence-corrected chi connectivity index (χ1v) is 6.07. The first kappa shape index (κ1) is 10.7. The topological polar surface area (TPSA) is 48.2 Å². The Balaban J connectivity index is 2.01. The van der Waals surface area contributed by atoms with Crippen LogP contribution in [-0.2, 0) is 0 Å². The smallest absolute Gasteiger partial charge is 0.114 e. The Labute approximate surface area is 91.8 Å². The molecule has 3 nitrogen and oxygen atoms in total. The molecule has 1 aliphatic heterocycles. The molecule has 0 saturated heterocycles. The highest BCUT2D eigenvalue weighted by Gasteiger charge is 2.28. The monoisotopic (exact) mass is 207 g/mol. The lowest BCUT2D eigenvalue weighted by atomic mass is 9.77. The fourth-order valence-electron chi connectivity index (χ4n) is 2.75. The van der Waals surface area contributed by atoms with Gasteiger partial charge in [0, 0.05) is 18.1 Å². The van der Waals surface area contributed by atoms with Crippen molar-refractivity contribution in [3.8, 4) is 0 Å². The Morgan fingerprint density at radius 2 is 1.87 bits per heavy atom. The second-order valence-corrected chi connectivity index (χ2v) is 5.19. The van der Waals surface area contributed by atoms with Gasteiger partial charge in [0.2, 0.25) is 0 Å². The molecule has 0 aromatic rings. The molecule has 2 N–H and O–H groups in total. The van der Waals surface area contributed by atoms with E-state index in [-0.39, 0.29) is 0 Å². The highest BCUT2D eigenvalue weighted by atomic mass is 15.3. The van der Waals surface area contributed by atoms with Crippen LogP contribution in [0.1, 0.15) is 46.0 Å². The van der Waals surface area contributed by atoms with Crippen molar-refractivity contribution in [2.75, 3.05) is 0 Å². The zero-order valence-electron chi connectivity index (χ0n) is 9.71. The predicted molar refractivity (Wildman–Crippen MR) is 63.2 cm³/mol. The molecule has 0 amide bonds. The lowest BCUT2D eigenvalue weighted by Gasteiger charge is -2.31. The first-order valence-electron chi connectivity index (χ1n) is 6.07. The van der Waals surface area contributed by atoms with Crippen LogP contribution >= 0.6 is 0 Å². The number of amidine groups is 1. The van der Waals surface area contributed by atoms with E-state index in [0.717, 1.165) is 12.3 Å². The zero-order valence-corrected chi connectivity index (χ0v) is 9.71. The molecular weight excluding hydrogens is 186 g/mol. The van der Waals surface area contributed by atoms with Gasteiger partial charge in [-0.1, -0.05) is 26.7 Å². The molecule has 1 fully saturated rings. The van der Waals surface area contributed by atoms with Gasteiger partial charge in [0.15, 0.2) is 0 Å². The average Bonchev–Trinajstić information content (AvgIpc) is 2.20. The standard InChI is InChI=1S/C12H21N3/c1-8-3-5-10(6-4-8)12-9(2)7-11(13)14-15-12/h8-10H,3-7H2,1-2H3,(H2,13,14). The summed E-state index contributed by atoms with van der Waals surface area (Å²) in [6, 6.07) is 0. The van der Waals surface area contributed by atoms with Crippen molar-refractivity contribution in [2.24, 2.45) is 22.9 Å². The highest BCUT2D eigenvalue weighted by Crippen LogP contribution is 2.32. The molecule has 15 heavy (non-hydrogen) atoms. The molecule has 1 unspecified atom stereocenters. The second kappa shape index (κ2) is 4.33. The summed E-state index contributed by atoms with van der Waals surface area (Å²) in [6.45, 7) is 4.54. The first-order chi connectivity index (χ1) is 7.16. The Bertz CT molecular complexity index is 275. The molecule has 1 aliphatic carbocycles. The van der Waals surface area contributed by atoms with E-state index in [4.69, 9.17) is 5.41 Å². The van der Waals surface area contributed by atoms with Crippen LogP contribution in [0.5, 0.6) is 0 Å². The summed E-state index contributed by atoms with van der Waals surface area (Å²) in [7, 11) is 0. The third kappa shape index (κ3) is 2.39. The number of nitrogens with zero attached hydrogens (tertiary/aromatic N) is 1. The third-order valence-electron chi connectivity index (χ3n) is 3.77. The van der Waals surface area contributed by atoms with Crippen LogP contribution < -0.4 is 5.43 Å². The molecule has 0 radical (unpaired) electrons. The van der Waals surface area contributed by atoms with E-state index in [0.29, 0.717) is 17.7 Å². The number of rotatable bonds is 1. The molecule has 1 saturated carbocycles. The van der Waals surface area contributed by atoms with Crippen LogP contribution in [0, 0.1) is 23.2 Å². The minimum absolute atomic E-state index is 0.470. The zero-order chi connectivity index (χ0) is 10.8. The number of hydrazone groups is 1. The van der Waals surface area contributed by atoms with Gasteiger partial charge in [0.25, 0.3) is 0 Å². The van der Waals surface area contributed by atoms with E-state index in [2.05, 4.69) is 24.4 Å². The van der Waals surface area contributed by atoms with Crippen LogP contribution in [0.25, 0.3) is 0 Å². The highest BCUT2D eigenvalue weighted by molar-refractivity contribution is 5.96. The Hall–Kier alpha value is -0.860. The van der Waals surface area contributed by atoms with Gasteiger partial charge in [-0.05, 0) is 24.7 Å². The number of hydrogen-bond acceptors (Lipinski definition) is 2. The molecule has 2 rings (SSSR count). The van der Waals surface area contributed by atoms with E-state index in [1.54, 1.807) is 0 Å². The number of nitrogens with one attached hydrogen (secondary N) is 2. The molecule has 0 aromatic carbocycles. The Morgan fingerprint density at radius 1 is 1.20 bits per heavy atom. The average molecular weight is 207 g/mol. The van der Waals surface area contributed by atoms with Crippen molar-refractivity contribution < 1.29 is 0 Å². The Kier molecular flexibility index (Phi) is 3.08. The van der Waals surface area contributed by atoms with Crippen LogP contribution in [0.3, 0.4) is 0 Å². The van der Waals surface area contributed by atoms with Crippen molar-refractivity contribution in [1.29, 1.82) is 5.41 Å². The summed E-state index contributed by atoms with van der Waals surface area (Å²) in [4.78, 5) is 0. The largest absolute Gasteiger partial charge is 0.287 e. The number of hydrogen-bond donors (Lipinski definition) is 2. The predicted octanol–water partition coefficient (Wildman–Crippen LogP) is 2.78. The van der Waals surface area contributed by atoms with Gasteiger partial charge >= 0.3 is 0 Å². The summed E-state index contributed by atoms with van der Waals surface area (Å²) < 4.78 is 0. The molecule has 3 heteroatoms. The Morgan fingerprint density at radius 3 is 2.47 bits per heavy atom. The summed E-state index contributed by atoms with van der Waals surface area (Å²) in [5.74, 6) is 2.61. The van der Waals surface area contributed by atoms with E-state index < -0.39 is 0 Å². The van der Waals surface area contributed by atoms with Gasteiger partial charge in [0.1, 0.15) is 5.84 Å². The normalized spacial score (nSPS) is 37.1. The molecule has 0 bridgehead atoms. The van der Waals surface area contributed by atoms with E-state index in [1.165, 1.54) is 31.4 Å². The maximum absolute atomic E-state index is 7.54. The molecule has 0 aromatic heterocycles. The van der Waals surface area contributed by atoms with Gasteiger partial charge in [-0.25, -0.2) is 0 Å². The van der Waals surface area contributed by atoms with Gasteiger partial charge < -0.3 is 0 Å². The maximum Gasteiger partial charge on any atom is 0.114 e. The molecule has 0 spiro atoms. The van der Waals surface area contributed by atoms with Crippen molar-refractivity contribution >= 4 is 11.5 Å². The molecule has 1 atom stereocenters. The molecular formula is C12H21N3. The fraction of sp³-hybridized carbons (Fsp3) is 0.833. The van der Waals surface area contributed by atoms with Crippen molar-refractivity contribution in [3.05, 3.63) is 0 Å². The summed E-state index contributed by atoms with van der Waals surface area (Å²) in [6.07, 6.45) is 6.10. The summed E-state index contributed by atoms with van der Waals surface area (Å²) >= 11 is 0. The molecule has 2 aliphatic rings. The van der Waals surface area contributed by atoms with Crippen LogP contribution in [-0.4, -0.2) is 11.5 Å². The van der Waals surface area contributed by atoms with E-state index in [9.17, 15) is 0 Å². The minimum Gasteiger partial charge on any atom is -0.287 e. The van der Waals surface area contributed by atoms with Crippen LogP contribution in [0.15, 0.2) is 5.10 Å².